The third-order valence-electron chi connectivity index (χ3n) is 4.12. The smallest absolute Gasteiger partial charge is 0.306 e. The van der Waals surface area contributed by atoms with Crippen molar-refractivity contribution in [2.45, 2.75) is 26.2 Å². The third kappa shape index (κ3) is 4.14. The molecule has 1 aromatic carbocycles. The molecule has 1 aromatic rings. The van der Waals surface area contributed by atoms with Gasteiger partial charge in [0.15, 0.2) is 0 Å². The van der Waals surface area contributed by atoms with Crippen LogP contribution in [0.4, 0.5) is 0 Å². The highest BCUT2D eigenvalue weighted by Crippen LogP contribution is 2.25. The SMILES string of the molecule is CC(Cc1ccc(Cl)cc1Cl)C(=O)N1CCC(C(=O)O)CC1. The number of carbonyl (C=O) groups excluding carboxylic acids is 1. The minimum absolute atomic E-state index is 0.0508. The molecule has 1 fully saturated rings. The van der Waals surface area contributed by atoms with Gasteiger partial charge in [0, 0.05) is 29.1 Å². The minimum atomic E-state index is -0.770. The maximum atomic E-state index is 12.5. The highest BCUT2D eigenvalue weighted by atomic mass is 35.5. The standard InChI is InChI=1S/C16H19Cl2NO3/c1-10(8-12-2-3-13(17)9-14(12)18)15(20)19-6-4-11(5-7-19)16(21)22/h2-3,9-11H,4-8H2,1H3,(H,21,22). The van der Waals surface area contributed by atoms with E-state index in [2.05, 4.69) is 0 Å². The number of hydrogen-bond donors (Lipinski definition) is 1. The number of nitrogens with zero attached hydrogens (tertiary/aromatic N) is 1. The molecule has 6 heteroatoms. The van der Waals surface area contributed by atoms with Gasteiger partial charge < -0.3 is 10.0 Å². The summed E-state index contributed by atoms with van der Waals surface area (Å²) in [5.41, 5.74) is 0.896. The lowest BCUT2D eigenvalue weighted by Gasteiger charge is -2.32. The predicted octanol–water partition coefficient (Wildman–Crippen LogP) is 3.50. The Morgan fingerprint density at radius 1 is 1.32 bits per heavy atom. The van der Waals surface area contributed by atoms with Gasteiger partial charge in [-0.15, -0.1) is 0 Å². The van der Waals surface area contributed by atoms with Gasteiger partial charge in [-0.05, 0) is 37.0 Å². The van der Waals surface area contributed by atoms with E-state index >= 15 is 0 Å². The number of hydrogen-bond acceptors (Lipinski definition) is 2. The van der Waals surface area contributed by atoms with E-state index in [0.29, 0.717) is 42.4 Å². The van der Waals surface area contributed by atoms with Gasteiger partial charge in [0.05, 0.1) is 5.92 Å². The van der Waals surface area contributed by atoms with E-state index in [1.54, 1.807) is 17.0 Å². The van der Waals surface area contributed by atoms with Gasteiger partial charge in [0.2, 0.25) is 5.91 Å². The normalized spacial score (nSPS) is 17.3. The van der Waals surface area contributed by atoms with Crippen LogP contribution in [0, 0.1) is 11.8 Å². The van der Waals surface area contributed by atoms with Crippen molar-refractivity contribution in [1.29, 1.82) is 0 Å². The van der Waals surface area contributed by atoms with Crippen molar-refractivity contribution in [3.05, 3.63) is 33.8 Å². The van der Waals surface area contributed by atoms with Gasteiger partial charge >= 0.3 is 5.97 Å². The highest BCUT2D eigenvalue weighted by molar-refractivity contribution is 6.35. The number of carbonyl (C=O) groups is 2. The van der Waals surface area contributed by atoms with Gasteiger partial charge in [-0.25, -0.2) is 0 Å². The Labute approximate surface area is 140 Å². The van der Waals surface area contributed by atoms with Crippen molar-refractivity contribution >= 4 is 35.1 Å². The molecule has 1 aliphatic rings. The molecule has 0 bridgehead atoms. The Morgan fingerprint density at radius 2 is 1.95 bits per heavy atom. The lowest BCUT2D eigenvalue weighted by atomic mass is 9.94. The van der Waals surface area contributed by atoms with Crippen LogP contribution in [-0.2, 0) is 16.0 Å². The number of amides is 1. The second-order valence-corrected chi connectivity index (χ2v) is 6.62. The molecule has 0 aromatic heterocycles. The van der Waals surface area contributed by atoms with Crippen molar-refractivity contribution in [2.75, 3.05) is 13.1 Å². The zero-order valence-corrected chi connectivity index (χ0v) is 13.9. The van der Waals surface area contributed by atoms with Crippen molar-refractivity contribution < 1.29 is 14.7 Å². The summed E-state index contributed by atoms with van der Waals surface area (Å²) in [7, 11) is 0. The monoisotopic (exact) mass is 343 g/mol. The molecule has 1 saturated heterocycles. The molecule has 22 heavy (non-hydrogen) atoms. The minimum Gasteiger partial charge on any atom is -0.481 e. The summed E-state index contributed by atoms with van der Waals surface area (Å²) in [6.45, 7) is 2.89. The van der Waals surface area contributed by atoms with Crippen molar-refractivity contribution in [2.24, 2.45) is 11.8 Å². The fourth-order valence-corrected chi connectivity index (χ4v) is 3.25. The molecule has 120 valence electrons. The largest absolute Gasteiger partial charge is 0.481 e. The fraction of sp³-hybridized carbons (Fsp3) is 0.500. The first-order chi connectivity index (χ1) is 10.4. The highest BCUT2D eigenvalue weighted by Gasteiger charge is 2.29. The molecule has 1 aliphatic heterocycles. The topological polar surface area (TPSA) is 57.6 Å². The number of piperidine rings is 1. The van der Waals surface area contributed by atoms with Gasteiger partial charge in [0.1, 0.15) is 0 Å². The third-order valence-corrected chi connectivity index (χ3v) is 4.71. The Morgan fingerprint density at radius 3 is 2.50 bits per heavy atom. The first kappa shape index (κ1) is 17.1. The molecule has 1 atom stereocenters. The summed E-state index contributed by atoms with van der Waals surface area (Å²) in [5.74, 6) is -1.24. The summed E-state index contributed by atoms with van der Waals surface area (Å²) < 4.78 is 0. The molecule has 1 heterocycles. The molecule has 0 spiro atoms. The van der Waals surface area contributed by atoms with Crippen LogP contribution >= 0.6 is 23.2 Å². The Kier molecular flexibility index (Phi) is 5.70. The number of halogens is 2. The number of rotatable bonds is 4. The van der Waals surface area contributed by atoms with Crippen molar-refractivity contribution in [3.8, 4) is 0 Å². The van der Waals surface area contributed by atoms with Crippen molar-refractivity contribution in [3.63, 3.8) is 0 Å². The molecular formula is C16H19Cl2NO3. The molecule has 1 unspecified atom stereocenters. The van der Waals surface area contributed by atoms with Crippen LogP contribution in [0.5, 0.6) is 0 Å². The molecule has 0 saturated carbocycles. The zero-order chi connectivity index (χ0) is 16.3. The van der Waals surface area contributed by atoms with Gasteiger partial charge in [-0.3, -0.25) is 9.59 Å². The van der Waals surface area contributed by atoms with E-state index in [9.17, 15) is 9.59 Å². The zero-order valence-electron chi connectivity index (χ0n) is 12.4. The van der Waals surface area contributed by atoms with Crippen LogP contribution in [0.2, 0.25) is 10.0 Å². The lowest BCUT2D eigenvalue weighted by Crippen LogP contribution is -2.43. The second-order valence-electron chi connectivity index (χ2n) is 5.78. The fourth-order valence-electron chi connectivity index (χ4n) is 2.76. The first-order valence-electron chi connectivity index (χ1n) is 7.34. The number of carboxylic acid groups (broad SMARTS) is 1. The summed E-state index contributed by atoms with van der Waals surface area (Å²) in [4.78, 5) is 25.2. The van der Waals surface area contributed by atoms with Crippen LogP contribution in [0.3, 0.4) is 0 Å². The number of aliphatic carboxylic acids is 1. The van der Waals surface area contributed by atoms with Gasteiger partial charge in [0.25, 0.3) is 0 Å². The van der Waals surface area contributed by atoms with Crippen molar-refractivity contribution in [1.82, 2.24) is 4.90 Å². The lowest BCUT2D eigenvalue weighted by molar-refractivity contribution is -0.146. The molecule has 1 N–H and O–H groups in total. The summed E-state index contributed by atoms with van der Waals surface area (Å²) in [6.07, 6.45) is 1.60. The van der Waals surface area contributed by atoms with Crippen LogP contribution in [0.15, 0.2) is 18.2 Å². The van der Waals surface area contributed by atoms with E-state index in [1.807, 2.05) is 13.0 Å². The second kappa shape index (κ2) is 7.34. The van der Waals surface area contributed by atoms with Crippen LogP contribution in [0.1, 0.15) is 25.3 Å². The van der Waals surface area contributed by atoms with E-state index < -0.39 is 5.97 Å². The number of likely N-dealkylation sites (tertiary alicyclic amines) is 1. The van der Waals surface area contributed by atoms with Crippen LogP contribution in [0.25, 0.3) is 0 Å². The van der Waals surface area contributed by atoms with Gasteiger partial charge in [-0.1, -0.05) is 36.2 Å². The summed E-state index contributed by atoms with van der Waals surface area (Å²) in [6, 6.07) is 5.28. The molecule has 0 aliphatic carbocycles. The Bertz CT molecular complexity index is 569. The van der Waals surface area contributed by atoms with E-state index in [-0.39, 0.29) is 17.7 Å². The summed E-state index contributed by atoms with van der Waals surface area (Å²) >= 11 is 12.0. The maximum Gasteiger partial charge on any atom is 0.306 e. The van der Waals surface area contributed by atoms with Gasteiger partial charge in [-0.2, -0.15) is 0 Å². The molecular weight excluding hydrogens is 325 g/mol. The first-order valence-corrected chi connectivity index (χ1v) is 8.09. The summed E-state index contributed by atoms with van der Waals surface area (Å²) in [5, 5.41) is 10.1. The quantitative estimate of drug-likeness (QED) is 0.910. The Balaban J connectivity index is 1.94. The molecule has 0 radical (unpaired) electrons. The Hall–Kier alpha value is -1.26. The van der Waals surface area contributed by atoms with E-state index in [4.69, 9.17) is 28.3 Å². The van der Waals surface area contributed by atoms with Crippen LogP contribution < -0.4 is 0 Å². The molecule has 2 rings (SSSR count). The van der Waals surface area contributed by atoms with Crippen LogP contribution in [-0.4, -0.2) is 35.0 Å². The molecule has 4 nitrogen and oxygen atoms in total. The molecule has 1 amide bonds. The average Bonchev–Trinajstić information content (AvgIpc) is 2.49. The average molecular weight is 344 g/mol. The predicted molar refractivity (Wildman–Crippen MR) is 86.3 cm³/mol. The van der Waals surface area contributed by atoms with E-state index in [0.717, 1.165) is 5.56 Å². The number of benzene rings is 1. The number of carboxylic acids is 1. The van der Waals surface area contributed by atoms with E-state index in [1.165, 1.54) is 0 Å². The maximum absolute atomic E-state index is 12.5.